The molecule has 5 heteroatoms. The molecule has 0 fully saturated rings. The number of hydrogen-bond acceptors (Lipinski definition) is 5. The highest BCUT2D eigenvalue weighted by atomic mass is 16.5. The summed E-state index contributed by atoms with van der Waals surface area (Å²) in [4.78, 5) is 33.2. The van der Waals surface area contributed by atoms with Crippen molar-refractivity contribution in [2.45, 2.75) is 13.8 Å². The van der Waals surface area contributed by atoms with Crippen molar-refractivity contribution in [1.29, 1.82) is 0 Å². The van der Waals surface area contributed by atoms with Gasteiger partial charge in [0.05, 0.1) is 0 Å². The van der Waals surface area contributed by atoms with E-state index in [2.05, 4.69) is 0 Å². The normalized spacial score (nSPS) is 9.67. The van der Waals surface area contributed by atoms with Crippen molar-refractivity contribution in [3.05, 3.63) is 29.8 Å². The fourth-order valence-corrected chi connectivity index (χ4v) is 1.19. The minimum Gasteiger partial charge on any atom is -0.485 e. The van der Waals surface area contributed by atoms with Gasteiger partial charge in [0.25, 0.3) is 0 Å². The number of carbonyl (C=O) groups excluding carboxylic acids is 3. The lowest BCUT2D eigenvalue weighted by Gasteiger charge is -2.09. The highest BCUT2D eigenvalue weighted by Crippen LogP contribution is 2.18. The summed E-state index contributed by atoms with van der Waals surface area (Å²) < 4.78 is 9.97. The Morgan fingerprint density at radius 1 is 1.00 bits per heavy atom. The summed E-state index contributed by atoms with van der Waals surface area (Å²) in [6, 6.07) is 6.40. The smallest absolute Gasteiger partial charge is 0.342 e. The second-order valence-corrected chi connectivity index (χ2v) is 3.76. The van der Waals surface area contributed by atoms with Gasteiger partial charge < -0.3 is 9.47 Å². The molecule has 0 aliphatic carbocycles. The highest BCUT2D eigenvalue weighted by molar-refractivity contribution is 5.94. The van der Waals surface area contributed by atoms with Crippen molar-refractivity contribution in [2.75, 3.05) is 13.2 Å². The molecule has 1 aromatic carbocycles. The number of Topliss-reactive ketones (excluding diaryl/α,β-unsaturated/α-hetero) is 2. The molecule has 1 aromatic rings. The van der Waals surface area contributed by atoms with Gasteiger partial charge in [-0.3, -0.25) is 9.59 Å². The average Bonchev–Trinajstić information content (AvgIpc) is 2.33. The SMILES string of the molecule is CC(=O)COC(=O)c1ccccc1OCC(C)=O. The van der Waals surface area contributed by atoms with Crippen LogP contribution in [0.1, 0.15) is 24.2 Å². The molecule has 96 valence electrons. The minimum absolute atomic E-state index is 0.114. The molecule has 0 amide bonds. The maximum Gasteiger partial charge on any atom is 0.342 e. The van der Waals surface area contributed by atoms with Crippen LogP contribution in [0.15, 0.2) is 24.3 Å². The molecule has 0 spiro atoms. The summed E-state index contributed by atoms with van der Waals surface area (Å²) in [7, 11) is 0. The predicted molar refractivity (Wildman–Crippen MR) is 63.6 cm³/mol. The Bertz CT molecular complexity index is 464. The zero-order valence-electron chi connectivity index (χ0n) is 10.3. The van der Waals surface area contributed by atoms with E-state index < -0.39 is 5.97 Å². The van der Waals surface area contributed by atoms with Gasteiger partial charge in [0.1, 0.15) is 24.5 Å². The third kappa shape index (κ3) is 4.37. The molecule has 0 heterocycles. The Morgan fingerprint density at radius 3 is 2.22 bits per heavy atom. The molecule has 0 aliphatic heterocycles. The van der Waals surface area contributed by atoms with Gasteiger partial charge in [0, 0.05) is 0 Å². The number of para-hydroxylation sites is 1. The summed E-state index contributed by atoms with van der Waals surface area (Å²) in [6.07, 6.45) is 0. The quantitative estimate of drug-likeness (QED) is 0.714. The van der Waals surface area contributed by atoms with Crippen molar-refractivity contribution in [2.24, 2.45) is 0 Å². The van der Waals surface area contributed by atoms with Crippen molar-refractivity contribution >= 4 is 17.5 Å². The van der Waals surface area contributed by atoms with Gasteiger partial charge in [0.15, 0.2) is 11.6 Å². The van der Waals surface area contributed by atoms with Crippen molar-refractivity contribution in [3.8, 4) is 5.75 Å². The number of hydrogen-bond donors (Lipinski definition) is 0. The lowest BCUT2D eigenvalue weighted by atomic mass is 10.2. The first kappa shape index (κ1) is 13.9. The molecule has 0 unspecified atom stereocenters. The zero-order valence-corrected chi connectivity index (χ0v) is 10.3. The van der Waals surface area contributed by atoms with Gasteiger partial charge in [-0.25, -0.2) is 4.79 Å². The van der Waals surface area contributed by atoms with Crippen LogP contribution in [0.4, 0.5) is 0 Å². The van der Waals surface area contributed by atoms with Gasteiger partial charge >= 0.3 is 5.97 Å². The molecular weight excluding hydrogens is 236 g/mol. The van der Waals surface area contributed by atoms with Crippen LogP contribution in [0, 0.1) is 0 Å². The van der Waals surface area contributed by atoms with E-state index in [1.807, 2.05) is 0 Å². The van der Waals surface area contributed by atoms with E-state index in [1.165, 1.54) is 19.9 Å². The van der Waals surface area contributed by atoms with Crippen LogP contribution in [0.2, 0.25) is 0 Å². The predicted octanol–water partition coefficient (Wildman–Crippen LogP) is 1.40. The molecule has 0 radical (unpaired) electrons. The second kappa shape index (κ2) is 6.54. The minimum atomic E-state index is -0.649. The van der Waals surface area contributed by atoms with Gasteiger partial charge in [0.2, 0.25) is 0 Å². The molecule has 0 aromatic heterocycles. The Labute approximate surface area is 105 Å². The summed E-state index contributed by atoms with van der Waals surface area (Å²) >= 11 is 0. The summed E-state index contributed by atoms with van der Waals surface area (Å²) in [5.74, 6) is -0.780. The third-order valence-corrected chi connectivity index (χ3v) is 1.94. The Morgan fingerprint density at radius 2 is 1.61 bits per heavy atom. The molecule has 0 N–H and O–H groups in total. The molecule has 0 bridgehead atoms. The largest absolute Gasteiger partial charge is 0.485 e. The van der Waals surface area contributed by atoms with Gasteiger partial charge in [-0.15, -0.1) is 0 Å². The summed E-state index contributed by atoms with van der Waals surface area (Å²) in [6.45, 7) is 2.32. The van der Waals surface area contributed by atoms with Crippen LogP contribution in [0.5, 0.6) is 5.75 Å². The van der Waals surface area contributed by atoms with Crippen LogP contribution in [0.3, 0.4) is 0 Å². The number of ether oxygens (including phenoxy) is 2. The van der Waals surface area contributed by atoms with Gasteiger partial charge in [-0.1, -0.05) is 12.1 Å². The molecular formula is C13H14O5. The van der Waals surface area contributed by atoms with E-state index in [0.29, 0.717) is 0 Å². The van der Waals surface area contributed by atoms with E-state index in [0.717, 1.165) is 0 Å². The molecule has 0 saturated carbocycles. The summed E-state index contributed by atoms with van der Waals surface area (Å²) in [5, 5.41) is 0. The maximum absolute atomic E-state index is 11.7. The van der Waals surface area contributed by atoms with Crippen molar-refractivity contribution < 1.29 is 23.9 Å². The number of ketones is 2. The Hall–Kier alpha value is -2.17. The first-order chi connectivity index (χ1) is 8.50. The Balaban J connectivity index is 2.77. The van der Waals surface area contributed by atoms with Crippen LogP contribution >= 0.6 is 0 Å². The monoisotopic (exact) mass is 250 g/mol. The second-order valence-electron chi connectivity index (χ2n) is 3.76. The Kier molecular flexibility index (Phi) is 5.05. The van der Waals surface area contributed by atoms with E-state index in [9.17, 15) is 14.4 Å². The van der Waals surface area contributed by atoms with Crippen LogP contribution in [-0.4, -0.2) is 30.7 Å². The van der Waals surface area contributed by atoms with Gasteiger partial charge in [-0.2, -0.15) is 0 Å². The fraction of sp³-hybridized carbons (Fsp3) is 0.308. The van der Waals surface area contributed by atoms with Crippen molar-refractivity contribution in [1.82, 2.24) is 0 Å². The fourth-order valence-electron chi connectivity index (χ4n) is 1.19. The molecule has 18 heavy (non-hydrogen) atoms. The third-order valence-electron chi connectivity index (χ3n) is 1.94. The number of esters is 1. The zero-order chi connectivity index (χ0) is 13.5. The molecule has 0 atom stereocenters. The first-order valence-corrected chi connectivity index (χ1v) is 5.38. The van der Waals surface area contributed by atoms with Crippen LogP contribution in [0.25, 0.3) is 0 Å². The summed E-state index contributed by atoms with van der Waals surface area (Å²) in [5.41, 5.74) is 0.194. The lowest BCUT2D eigenvalue weighted by Crippen LogP contribution is -2.14. The van der Waals surface area contributed by atoms with E-state index >= 15 is 0 Å². The van der Waals surface area contributed by atoms with E-state index in [-0.39, 0.29) is 36.1 Å². The number of benzene rings is 1. The lowest BCUT2D eigenvalue weighted by molar-refractivity contribution is -0.120. The average molecular weight is 250 g/mol. The van der Waals surface area contributed by atoms with Crippen molar-refractivity contribution in [3.63, 3.8) is 0 Å². The molecule has 1 rings (SSSR count). The molecule has 0 aliphatic rings. The van der Waals surface area contributed by atoms with E-state index in [4.69, 9.17) is 9.47 Å². The standard InChI is InChI=1S/C13H14O5/c1-9(14)7-17-12-6-4-3-5-11(12)13(16)18-8-10(2)15/h3-6H,7-8H2,1-2H3. The van der Waals surface area contributed by atoms with E-state index in [1.54, 1.807) is 18.2 Å². The number of rotatable bonds is 6. The molecule has 0 saturated heterocycles. The molecule has 5 nitrogen and oxygen atoms in total. The maximum atomic E-state index is 11.7. The number of carbonyl (C=O) groups is 3. The first-order valence-electron chi connectivity index (χ1n) is 5.38. The topological polar surface area (TPSA) is 69.7 Å². The van der Waals surface area contributed by atoms with Crippen LogP contribution in [-0.2, 0) is 14.3 Å². The van der Waals surface area contributed by atoms with Crippen LogP contribution < -0.4 is 4.74 Å². The van der Waals surface area contributed by atoms with Gasteiger partial charge in [-0.05, 0) is 26.0 Å². The highest BCUT2D eigenvalue weighted by Gasteiger charge is 2.14.